The maximum atomic E-state index is 5.35. The Morgan fingerprint density at radius 3 is 3.00 bits per heavy atom. The second-order valence-corrected chi connectivity index (χ2v) is 5.19. The molecule has 0 bridgehead atoms. The average molecular weight is 292 g/mol. The summed E-state index contributed by atoms with van der Waals surface area (Å²) in [5.41, 5.74) is 0. The Morgan fingerprint density at radius 1 is 1.38 bits per heavy atom. The van der Waals surface area contributed by atoms with Crippen molar-refractivity contribution in [2.24, 2.45) is 0 Å². The van der Waals surface area contributed by atoms with E-state index in [1.54, 1.807) is 18.4 Å². The normalized spacial score (nSPS) is 18.0. The van der Waals surface area contributed by atoms with Gasteiger partial charge in [-0.2, -0.15) is 4.98 Å². The Bertz CT molecular complexity index is 534. The lowest BCUT2D eigenvalue weighted by molar-refractivity contribution is 0.0343. The monoisotopic (exact) mass is 292 g/mol. The highest BCUT2D eigenvalue weighted by molar-refractivity contribution is 5.42. The van der Waals surface area contributed by atoms with E-state index in [2.05, 4.69) is 27.3 Å². The molecule has 0 radical (unpaired) electrons. The standard InChI is InChI=1S/C14H20N4O3/c1-11(10-18-4-7-19-8-5-18)15-9-13-16-14(21-17-13)12-3-2-6-20-12/h2-3,6,11,15H,4-5,7-10H2,1H3. The van der Waals surface area contributed by atoms with Crippen LogP contribution in [0.3, 0.4) is 0 Å². The average Bonchev–Trinajstić information content (AvgIpc) is 3.17. The van der Waals surface area contributed by atoms with Crippen molar-refractivity contribution in [1.29, 1.82) is 0 Å². The van der Waals surface area contributed by atoms with E-state index < -0.39 is 0 Å². The molecule has 0 spiro atoms. The Labute approximate surface area is 123 Å². The second-order valence-electron chi connectivity index (χ2n) is 5.19. The fourth-order valence-corrected chi connectivity index (χ4v) is 2.33. The van der Waals surface area contributed by atoms with Crippen molar-refractivity contribution in [3.05, 3.63) is 24.2 Å². The molecule has 3 heterocycles. The van der Waals surface area contributed by atoms with E-state index in [0.29, 0.717) is 30.1 Å². The van der Waals surface area contributed by atoms with Crippen LogP contribution in [0.25, 0.3) is 11.7 Å². The fourth-order valence-electron chi connectivity index (χ4n) is 2.33. The number of furan rings is 1. The number of morpholine rings is 1. The molecule has 114 valence electrons. The molecule has 1 unspecified atom stereocenters. The van der Waals surface area contributed by atoms with Gasteiger partial charge in [-0.25, -0.2) is 0 Å². The maximum absolute atomic E-state index is 5.35. The van der Waals surface area contributed by atoms with Crippen molar-refractivity contribution < 1.29 is 13.7 Å². The van der Waals surface area contributed by atoms with Gasteiger partial charge in [0.2, 0.25) is 0 Å². The van der Waals surface area contributed by atoms with Crippen molar-refractivity contribution in [1.82, 2.24) is 20.4 Å². The van der Waals surface area contributed by atoms with E-state index in [1.807, 2.05) is 0 Å². The minimum absolute atomic E-state index is 0.355. The van der Waals surface area contributed by atoms with Gasteiger partial charge in [-0.05, 0) is 19.1 Å². The summed E-state index contributed by atoms with van der Waals surface area (Å²) in [6.07, 6.45) is 1.59. The molecule has 21 heavy (non-hydrogen) atoms. The summed E-state index contributed by atoms with van der Waals surface area (Å²) in [6, 6.07) is 3.95. The fraction of sp³-hybridized carbons (Fsp3) is 0.571. The molecule has 2 aromatic rings. The zero-order chi connectivity index (χ0) is 14.5. The first-order chi connectivity index (χ1) is 10.3. The van der Waals surface area contributed by atoms with Gasteiger partial charge >= 0.3 is 0 Å². The third-order valence-corrected chi connectivity index (χ3v) is 3.44. The van der Waals surface area contributed by atoms with Crippen molar-refractivity contribution >= 4 is 0 Å². The zero-order valence-electron chi connectivity index (χ0n) is 12.1. The molecule has 0 amide bonds. The van der Waals surface area contributed by atoms with Crippen LogP contribution in [-0.4, -0.2) is 53.9 Å². The predicted octanol–water partition coefficient (Wildman–Crippen LogP) is 1.14. The van der Waals surface area contributed by atoms with E-state index >= 15 is 0 Å². The number of rotatable bonds is 6. The summed E-state index contributed by atoms with van der Waals surface area (Å²) in [4.78, 5) is 6.70. The lowest BCUT2D eigenvalue weighted by Crippen LogP contribution is -2.44. The molecular formula is C14H20N4O3. The first-order valence-corrected chi connectivity index (χ1v) is 7.21. The Kier molecular flexibility index (Phi) is 4.64. The zero-order valence-corrected chi connectivity index (χ0v) is 12.1. The number of aromatic nitrogens is 2. The van der Waals surface area contributed by atoms with Crippen molar-refractivity contribution in [3.63, 3.8) is 0 Å². The summed E-state index contributed by atoms with van der Waals surface area (Å²) >= 11 is 0. The highest BCUT2D eigenvalue weighted by Crippen LogP contribution is 2.16. The second kappa shape index (κ2) is 6.84. The van der Waals surface area contributed by atoms with Gasteiger partial charge in [0.25, 0.3) is 5.89 Å². The smallest absolute Gasteiger partial charge is 0.293 e. The van der Waals surface area contributed by atoms with E-state index in [9.17, 15) is 0 Å². The van der Waals surface area contributed by atoms with Crippen LogP contribution in [0.2, 0.25) is 0 Å². The van der Waals surface area contributed by atoms with Gasteiger partial charge < -0.3 is 19.0 Å². The lowest BCUT2D eigenvalue weighted by Gasteiger charge is -2.29. The number of nitrogens with zero attached hydrogens (tertiary/aromatic N) is 3. The summed E-state index contributed by atoms with van der Waals surface area (Å²) in [7, 11) is 0. The molecule has 0 aliphatic carbocycles. The number of hydrogen-bond acceptors (Lipinski definition) is 7. The molecule has 7 heteroatoms. The van der Waals surface area contributed by atoms with Crippen LogP contribution in [0.1, 0.15) is 12.7 Å². The number of hydrogen-bond donors (Lipinski definition) is 1. The van der Waals surface area contributed by atoms with E-state index in [1.165, 1.54) is 0 Å². The molecule has 1 N–H and O–H groups in total. The van der Waals surface area contributed by atoms with Crippen molar-refractivity contribution in [2.45, 2.75) is 19.5 Å². The summed E-state index contributed by atoms with van der Waals surface area (Å²) in [5.74, 6) is 1.64. The molecule has 7 nitrogen and oxygen atoms in total. The van der Waals surface area contributed by atoms with Gasteiger partial charge in [-0.1, -0.05) is 5.16 Å². The largest absolute Gasteiger partial charge is 0.459 e. The quantitative estimate of drug-likeness (QED) is 0.855. The first kappa shape index (κ1) is 14.2. The Hall–Kier alpha value is -1.70. The topological polar surface area (TPSA) is 76.6 Å². The minimum Gasteiger partial charge on any atom is -0.459 e. The highest BCUT2D eigenvalue weighted by Gasteiger charge is 2.15. The van der Waals surface area contributed by atoms with Gasteiger partial charge in [0.05, 0.1) is 26.0 Å². The highest BCUT2D eigenvalue weighted by atomic mass is 16.5. The number of nitrogens with one attached hydrogen (secondary N) is 1. The Morgan fingerprint density at radius 2 is 2.24 bits per heavy atom. The van der Waals surface area contributed by atoms with Crippen LogP contribution in [0.5, 0.6) is 0 Å². The maximum Gasteiger partial charge on any atom is 0.293 e. The lowest BCUT2D eigenvalue weighted by atomic mass is 10.3. The molecule has 3 rings (SSSR count). The van der Waals surface area contributed by atoms with E-state index in [4.69, 9.17) is 13.7 Å². The molecule has 0 aromatic carbocycles. The van der Waals surface area contributed by atoms with Crippen LogP contribution < -0.4 is 5.32 Å². The minimum atomic E-state index is 0.355. The molecular weight excluding hydrogens is 272 g/mol. The molecule has 0 saturated carbocycles. The van der Waals surface area contributed by atoms with Crippen molar-refractivity contribution in [2.75, 3.05) is 32.8 Å². The summed E-state index contributed by atoms with van der Waals surface area (Å²) < 4.78 is 15.7. The van der Waals surface area contributed by atoms with Gasteiger partial charge in [0.15, 0.2) is 11.6 Å². The van der Waals surface area contributed by atoms with Gasteiger partial charge in [-0.3, -0.25) is 4.90 Å². The SMILES string of the molecule is CC(CN1CCOCC1)NCc1noc(-c2ccco2)n1. The molecule has 1 aliphatic rings. The number of ether oxygens (including phenoxy) is 1. The van der Waals surface area contributed by atoms with Crippen LogP contribution in [-0.2, 0) is 11.3 Å². The summed E-state index contributed by atoms with van der Waals surface area (Å²) in [6.45, 7) is 7.37. The van der Waals surface area contributed by atoms with Crippen LogP contribution >= 0.6 is 0 Å². The van der Waals surface area contributed by atoms with Crippen molar-refractivity contribution in [3.8, 4) is 11.7 Å². The third kappa shape index (κ3) is 3.90. The molecule has 1 fully saturated rings. The van der Waals surface area contributed by atoms with Gasteiger partial charge in [-0.15, -0.1) is 0 Å². The van der Waals surface area contributed by atoms with E-state index in [-0.39, 0.29) is 0 Å². The first-order valence-electron chi connectivity index (χ1n) is 7.21. The van der Waals surface area contributed by atoms with Gasteiger partial charge in [0.1, 0.15) is 0 Å². The van der Waals surface area contributed by atoms with Crippen LogP contribution in [0.4, 0.5) is 0 Å². The van der Waals surface area contributed by atoms with Crippen LogP contribution in [0, 0.1) is 0 Å². The Balaban J connectivity index is 1.46. The molecule has 1 saturated heterocycles. The summed E-state index contributed by atoms with van der Waals surface area (Å²) in [5, 5.41) is 7.36. The van der Waals surface area contributed by atoms with E-state index in [0.717, 1.165) is 32.8 Å². The van der Waals surface area contributed by atoms with Gasteiger partial charge in [0, 0.05) is 25.7 Å². The molecule has 2 aromatic heterocycles. The molecule has 1 aliphatic heterocycles. The molecule has 1 atom stereocenters. The van der Waals surface area contributed by atoms with Crippen LogP contribution in [0.15, 0.2) is 27.3 Å². The predicted molar refractivity (Wildman–Crippen MR) is 75.6 cm³/mol. The third-order valence-electron chi connectivity index (χ3n) is 3.44.